The van der Waals surface area contributed by atoms with Crippen molar-refractivity contribution in [2.24, 2.45) is 0 Å². The third-order valence-corrected chi connectivity index (χ3v) is 3.14. The molecule has 0 bridgehead atoms. The molecule has 1 heterocycles. The molecule has 1 N–H and O–H groups in total. The van der Waals surface area contributed by atoms with Crippen LogP contribution in [-0.4, -0.2) is 11.5 Å². The Morgan fingerprint density at radius 2 is 2.15 bits per heavy atom. The predicted octanol–water partition coefficient (Wildman–Crippen LogP) is 3.67. The largest absolute Gasteiger partial charge is 0.487 e. The number of hydrogen-bond acceptors (Lipinski definition) is 3. The minimum Gasteiger partial charge on any atom is -0.487 e. The normalized spacial score (nSPS) is 10.6. The van der Waals surface area contributed by atoms with E-state index in [4.69, 9.17) is 4.74 Å². The first-order valence-electron chi connectivity index (χ1n) is 6.41. The molecule has 0 saturated heterocycles. The zero-order chi connectivity index (χ0) is 14.4. The molecule has 0 radical (unpaired) electrons. The maximum Gasteiger partial charge on any atom is 0.138 e. The standard InChI is InChI=1S/C15H16BrFN2O/c1-2-18-8-14-3-4-15(9-19-14)20-10-11-5-12(16)7-13(17)6-11/h3-7,9,18H,2,8,10H2,1H3. The third-order valence-electron chi connectivity index (χ3n) is 2.68. The van der Waals surface area contributed by atoms with Gasteiger partial charge in [0.25, 0.3) is 0 Å². The van der Waals surface area contributed by atoms with E-state index in [1.165, 1.54) is 12.1 Å². The van der Waals surface area contributed by atoms with Crippen molar-refractivity contribution in [1.29, 1.82) is 0 Å². The number of nitrogens with zero attached hydrogens (tertiary/aromatic N) is 1. The van der Waals surface area contributed by atoms with E-state index in [1.807, 2.05) is 18.2 Å². The highest BCUT2D eigenvalue weighted by Crippen LogP contribution is 2.17. The van der Waals surface area contributed by atoms with Crippen LogP contribution >= 0.6 is 15.9 Å². The van der Waals surface area contributed by atoms with Crippen LogP contribution in [0.2, 0.25) is 0 Å². The lowest BCUT2D eigenvalue weighted by atomic mass is 10.2. The molecule has 0 spiro atoms. The lowest BCUT2D eigenvalue weighted by molar-refractivity contribution is 0.304. The van der Waals surface area contributed by atoms with Crippen LogP contribution in [0.15, 0.2) is 41.0 Å². The van der Waals surface area contributed by atoms with Gasteiger partial charge < -0.3 is 10.1 Å². The van der Waals surface area contributed by atoms with Crippen LogP contribution in [0.4, 0.5) is 4.39 Å². The van der Waals surface area contributed by atoms with Crippen molar-refractivity contribution in [3.8, 4) is 5.75 Å². The molecule has 3 nitrogen and oxygen atoms in total. The molecule has 2 aromatic rings. The molecule has 0 unspecified atom stereocenters. The van der Waals surface area contributed by atoms with Gasteiger partial charge in [-0.2, -0.15) is 0 Å². The average molecular weight is 339 g/mol. The highest BCUT2D eigenvalue weighted by molar-refractivity contribution is 9.10. The lowest BCUT2D eigenvalue weighted by Gasteiger charge is -2.07. The fourth-order valence-corrected chi connectivity index (χ4v) is 2.23. The van der Waals surface area contributed by atoms with E-state index in [0.717, 1.165) is 24.3 Å². The lowest BCUT2D eigenvalue weighted by Crippen LogP contribution is -2.12. The van der Waals surface area contributed by atoms with Gasteiger partial charge in [0.05, 0.1) is 11.9 Å². The second-order valence-corrected chi connectivity index (χ2v) is 5.25. The van der Waals surface area contributed by atoms with Crippen LogP contribution in [0.25, 0.3) is 0 Å². The van der Waals surface area contributed by atoms with Gasteiger partial charge in [0.1, 0.15) is 18.2 Å². The Morgan fingerprint density at radius 3 is 2.80 bits per heavy atom. The molecule has 106 valence electrons. The Kier molecular flexibility index (Phi) is 5.49. The molecular weight excluding hydrogens is 323 g/mol. The van der Waals surface area contributed by atoms with Crippen molar-refractivity contribution < 1.29 is 9.13 Å². The van der Waals surface area contributed by atoms with Gasteiger partial charge in [-0.25, -0.2) is 4.39 Å². The van der Waals surface area contributed by atoms with Crippen molar-refractivity contribution in [3.05, 3.63) is 58.1 Å². The Balaban J connectivity index is 1.93. The molecule has 1 aromatic heterocycles. The van der Waals surface area contributed by atoms with Gasteiger partial charge in [-0.3, -0.25) is 4.98 Å². The Hall–Kier alpha value is -1.46. The summed E-state index contributed by atoms with van der Waals surface area (Å²) in [5.41, 5.74) is 1.74. The van der Waals surface area contributed by atoms with Crippen LogP contribution in [0, 0.1) is 5.82 Å². The minimum atomic E-state index is -0.280. The van der Waals surface area contributed by atoms with Crippen molar-refractivity contribution in [2.45, 2.75) is 20.1 Å². The van der Waals surface area contributed by atoms with Crippen molar-refractivity contribution in [2.75, 3.05) is 6.54 Å². The highest BCUT2D eigenvalue weighted by atomic mass is 79.9. The summed E-state index contributed by atoms with van der Waals surface area (Å²) in [4.78, 5) is 4.29. The zero-order valence-corrected chi connectivity index (χ0v) is 12.8. The van der Waals surface area contributed by atoms with Crippen molar-refractivity contribution in [3.63, 3.8) is 0 Å². The number of pyridine rings is 1. The molecule has 0 aliphatic carbocycles. The molecule has 5 heteroatoms. The van der Waals surface area contributed by atoms with Gasteiger partial charge in [-0.1, -0.05) is 22.9 Å². The summed E-state index contributed by atoms with van der Waals surface area (Å²) in [6, 6.07) is 8.49. The number of aromatic nitrogens is 1. The zero-order valence-electron chi connectivity index (χ0n) is 11.2. The molecule has 0 saturated carbocycles. The Morgan fingerprint density at radius 1 is 1.30 bits per heavy atom. The van der Waals surface area contributed by atoms with E-state index in [0.29, 0.717) is 16.8 Å². The quantitative estimate of drug-likeness (QED) is 0.872. The van der Waals surface area contributed by atoms with Crippen molar-refractivity contribution in [1.82, 2.24) is 10.3 Å². The van der Waals surface area contributed by atoms with Crippen molar-refractivity contribution >= 4 is 15.9 Å². The predicted molar refractivity (Wildman–Crippen MR) is 80.0 cm³/mol. The van der Waals surface area contributed by atoms with E-state index in [-0.39, 0.29) is 5.82 Å². The number of rotatable bonds is 6. The summed E-state index contributed by atoms with van der Waals surface area (Å²) in [7, 11) is 0. The van der Waals surface area contributed by atoms with Gasteiger partial charge in [-0.05, 0) is 42.4 Å². The first-order valence-corrected chi connectivity index (χ1v) is 7.20. The maximum atomic E-state index is 13.2. The molecule has 0 aliphatic rings. The Labute approximate surface area is 126 Å². The first-order chi connectivity index (χ1) is 9.67. The second-order valence-electron chi connectivity index (χ2n) is 4.33. The highest BCUT2D eigenvalue weighted by Gasteiger charge is 2.01. The molecule has 20 heavy (non-hydrogen) atoms. The van der Waals surface area contributed by atoms with Crippen LogP contribution in [0.5, 0.6) is 5.75 Å². The smallest absolute Gasteiger partial charge is 0.138 e. The fraction of sp³-hybridized carbons (Fsp3) is 0.267. The van der Waals surface area contributed by atoms with Gasteiger partial charge in [0.2, 0.25) is 0 Å². The summed E-state index contributed by atoms with van der Waals surface area (Å²) < 4.78 is 19.5. The van der Waals surface area contributed by atoms with Gasteiger partial charge in [0, 0.05) is 11.0 Å². The number of hydrogen-bond donors (Lipinski definition) is 1. The molecule has 0 aliphatic heterocycles. The third kappa shape index (κ3) is 4.58. The van der Waals surface area contributed by atoms with E-state index in [1.54, 1.807) is 6.20 Å². The number of nitrogens with one attached hydrogen (secondary N) is 1. The summed E-state index contributed by atoms with van der Waals surface area (Å²) in [5, 5.41) is 3.20. The van der Waals surface area contributed by atoms with Crippen LogP contribution in [0.1, 0.15) is 18.2 Å². The monoisotopic (exact) mass is 338 g/mol. The van der Waals surface area contributed by atoms with E-state index >= 15 is 0 Å². The number of halogens is 2. The molecule has 0 amide bonds. The van der Waals surface area contributed by atoms with Gasteiger partial charge in [0.15, 0.2) is 0 Å². The summed E-state index contributed by atoms with van der Waals surface area (Å²) in [6.07, 6.45) is 1.68. The molecular formula is C15H16BrFN2O. The number of benzene rings is 1. The minimum absolute atomic E-state index is 0.280. The maximum absolute atomic E-state index is 13.2. The van der Waals surface area contributed by atoms with Crippen LogP contribution in [-0.2, 0) is 13.2 Å². The van der Waals surface area contributed by atoms with Gasteiger partial charge >= 0.3 is 0 Å². The molecule has 0 atom stereocenters. The van der Waals surface area contributed by atoms with Gasteiger partial charge in [-0.15, -0.1) is 0 Å². The van der Waals surface area contributed by atoms with Crippen LogP contribution < -0.4 is 10.1 Å². The van der Waals surface area contributed by atoms with E-state index in [9.17, 15) is 4.39 Å². The number of ether oxygens (including phenoxy) is 1. The topological polar surface area (TPSA) is 34.1 Å². The summed E-state index contributed by atoms with van der Waals surface area (Å²) in [5.74, 6) is 0.391. The average Bonchev–Trinajstić information content (AvgIpc) is 2.43. The molecule has 0 fully saturated rings. The van der Waals surface area contributed by atoms with E-state index in [2.05, 4.69) is 33.2 Å². The summed E-state index contributed by atoms with van der Waals surface area (Å²) in [6.45, 7) is 4.02. The Bertz CT molecular complexity index is 540. The fourth-order valence-electron chi connectivity index (χ4n) is 1.71. The van der Waals surface area contributed by atoms with E-state index < -0.39 is 0 Å². The molecule has 1 aromatic carbocycles. The summed E-state index contributed by atoms with van der Waals surface area (Å²) >= 11 is 3.26. The molecule has 2 rings (SSSR count). The van der Waals surface area contributed by atoms with Crippen LogP contribution in [0.3, 0.4) is 0 Å². The first kappa shape index (κ1) is 14.9. The SMILES string of the molecule is CCNCc1ccc(OCc2cc(F)cc(Br)c2)cn1. The second kappa shape index (κ2) is 7.36.